The summed E-state index contributed by atoms with van der Waals surface area (Å²) in [7, 11) is -0.335. The smallest absolute Gasteiger partial charge is 0.400 e. The van der Waals surface area contributed by atoms with Crippen LogP contribution in [0.3, 0.4) is 0 Å². The van der Waals surface area contributed by atoms with Gasteiger partial charge in [-0.2, -0.15) is 0 Å². The number of carbonyl (C=O) groups is 1. The Balaban J connectivity index is 1.65. The van der Waals surface area contributed by atoms with Gasteiger partial charge in [0.05, 0.1) is 22.7 Å². The summed E-state index contributed by atoms with van der Waals surface area (Å²) in [5, 5.41) is 0. The van der Waals surface area contributed by atoms with E-state index < -0.39 is 0 Å². The number of nitrogens with zero attached hydrogens (tertiary/aromatic N) is 1. The first-order valence-corrected chi connectivity index (χ1v) is 9.87. The summed E-state index contributed by atoms with van der Waals surface area (Å²) in [5.74, 6) is 0.281. The van der Waals surface area contributed by atoms with Crippen molar-refractivity contribution in [1.29, 1.82) is 0 Å². The van der Waals surface area contributed by atoms with Gasteiger partial charge in [0.15, 0.2) is 0 Å². The molecular weight excluding hydrogens is 329 g/mol. The van der Waals surface area contributed by atoms with E-state index in [0.717, 1.165) is 31.3 Å². The Morgan fingerprint density at radius 2 is 1.73 bits per heavy atom. The second kappa shape index (κ2) is 5.95. The normalized spacial score (nSPS) is 31.9. The standard InChI is InChI=1S/C20H30BNO4/c1-6-22-16-13-14(21-25-18(2,3)19(4,5)26-21)7-8-15(16)20(17(22)23)9-11-24-12-10-20/h7-8,16H,6,9-13H2,1-5H3. The van der Waals surface area contributed by atoms with Crippen LogP contribution in [0.1, 0.15) is 53.9 Å². The first-order valence-electron chi connectivity index (χ1n) is 9.87. The molecule has 0 N–H and O–H groups in total. The molecule has 142 valence electrons. The van der Waals surface area contributed by atoms with E-state index >= 15 is 0 Å². The van der Waals surface area contributed by atoms with Crippen LogP contribution in [0, 0.1) is 5.41 Å². The van der Waals surface area contributed by atoms with Gasteiger partial charge in [0, 0.05) is 19.8 Å². The zero-order valence-corrected chi connectivity index (χ0v) is 16.6. The Kier molecular flexibility index (Phi) is 4.18. The van der Waals surface area contributed by atoms with Crippen molar-refractivity contribution in [2.75, 3.05) is 19.8 Å². The molecule has 6 heteroatoms. The molecule has 1 atom stereocenters. The highest BCUT2D eigenvalue weighted by atomic mass is 16.7. The summed E-state index contributed by atoms with van der Waals surface area (Å²) >= 11 is 0. The highest BCUT2D eigenvalue weighted by Crippen LogP contribution is 2.51. The van der Waals surface area contributed by atoms with Crippen molar-refractivity contribution in [2.24, 2.45) is 5.41 Å². The fourth-order valence-corrected chi connectivity index (χ4v) is 4.76. The third kappa shape index (κ3) is 2.45. The predicted molar refractivity (Wildman–Crippen MR) is 101 cm³/mol. The minimum absolute atomic E-state index is 0.129. The van der Waals surface area contributed by atoms with E-state index in [1.54, 1.807) is 0 Å². The molecule has 0 aromatic heterocycles. The lowest BCUT2D eigenvalue weighted by Gasteiger charge is -2.33. The number of fused-ring (bicyclic) bond motifs is 2. The van der Waals surface area contributed by atoms with Crippen molar-refractivity contribution in [1.82, 2.24) is 4.90 Å². The molecule has 3 fully saturated rings. The van der Waals surface area contributed by atoms with Crippen molar-refractivity contribution < 1.29 is 18.8 Å². The monoisotopic (exact) mass is 359 g/mol. The van der Waals surface area contributed by atoms with Crippen molar-refractivity contribution >= 4 is 13.0 Å². The average molecular weight is 359 g/mol. The van der Waals surface area contributed by atoms with Gasteiger partial charge in [-0.25, -0.2) is 0 Å². The number of likely N-dealkylation sites (N-methyl/N-ethyl adjacent to an activating group) is 1. The largest absolute Gasteiger partial charge is 0.490 e. The number of carbonyl (C=O) groups excluding carboxylic acids is 1. The summed E-state index contributed by atoms with van der Waals surface area (Å²) in [4.78, 5) is 15.3. The van der Waals surface area contributed by atoms with Gasteiger partial charge in [-0.3, -0.25) is 4.79 Å². The predicted octanol–water partition coefficient (Wildman–Crippen LogP) is 2.90. The van der Waals surface area contributed by atoms with Gasteiger partial charge in [0.2, 0.25) is 5.91 Å². The topological polar surface area (TPSA) is 48.0 Å². The van der Waals surface area contributed by atoms with E-state index in [1.165, 1.54) is 5.57 Å². The first-order chi connectivity index (χ1) is 12.2. The van der Waals surface area contributed by atoms with E-state index in [1.807, 2.05) is 0 Å². The van der Waals surface area contributed by atoms with E-state index in [-0.39, 0.29) is 35.7 Å². The third-order valence-electron chi connectivity index (χ3n) is 7.11. The molecule has 1 spiro atoms. The van der Waals surface area contributed by atoms with Crippen LogP contribution < -0.4 is 0 Å². The van der Waals surface area contributed by atoms with Crippen LogP contribution in [0.15, 0.2) is 23.2 Å². The van der Waals surface area contributed by atoms with Crippen LogP contribution in [0.25, 0.3) is 0 Å². The molecule has 3 saturated heterocycles. The zero-order valence-electron chi connectivity index (χ0n) is 16.6. The minimum Gasteiger partial charge on any atom is -0.400 e. The summed E-state index contributed by atoms with van der Waals surface area (Å²) in [6.07, 6.45) is 6.70. The number of hydrogen-bond acceptors (Lipinski definition) is 4. The van der Waals surface area contributed by atoms with Crippen LogP contribution in [-0.2, 0) is 18.8 Å². The van der Waals surface area contributed by atoms with E-state index in [9.17, 15) is 4.79 Å². The second-order valence-electron chi connectivity index (χ2n) is 8.96. The molecule has 4 rings (SSSR count). The van der Waals surface area contributed by atoms with Crippen molar-refractivity contribution in [2.45, 2.75) is 71.1 Å². The quantitative estimate of drug-likeness (QED) is 0.712. The van der Waals surface area contributed by atoms with Gasteiger partial charge in [-0.05, 0) is 64.9 Å². The molecule has 5 nitrogen and oxygen atoms in total. The maximum absolute atomic E-state index is 13.3. The lowest BCUT2D eigenvalue weighted by molar-refractivity contribution is -0.139. The minimum atomic E-state index is -0.350. The number of allylic oxidation sites excluding steroid dienone is 2. The molecular formula is C20H30BNO4. The van der Waals surface area contributed by atoms with Gasteiger partial charge in [-0.15, -0.1) is 0 Å². The lowest BCUT2D eigenvalue weighted by Crippen LogP contribution is -2.41. The van der Waals surface area contributed by atoms with E-state index in [0.29, 0.717) is 13.2 Å². The molecule has 4 aliphatic rings. The maximum Gasteiger partial charge on any atom is 0.490 e. The molecule has 3 heterocycles. The maximum atomic E-state index is 13.3. The SMILES string of the molecule is CCN1C(=O)C2(CCOCC2)C2=CC=C(B3OC(C)(C)C(C)(C)O3)CC21. The molecule has 1 aliphatic carbocycles. The van der Waals surface area contributed by atoms with Crippen LogP contribution in [0.4, 0.5) is 0 Å². The summed E-state index contributed by atoms with van der Waals surface area (Å²) in [5.41, 5.74) is 1.36. The van der Waals surface area contributed by atoms with Gasteiger partial charge in [0.25, 0.3) is 0 Å². The fraction of sp³-hybridized carbons (Fsp3) is 0.750. The molecule has 3 aliphatic heterocycles. The van der Waals surface area contributed by atoms with Crippen LogP contribution in [0.5, 0.6) is 0 Å². The fourth-order valence-electron chi connectivity index (χ4n) is 4.76. The number of ether oxygens (including phenoxy) is 1. The molecule has 0 aromatic rings. The third-order valence-corrected chi connectivity index (χ3v) is 7.11. The summed E-state index contributed by atoms with van der Waals surface area (Å²) in [6.45, 7) is 12.4. The van der Waals surface area contributed by atoms with Crippen molar-refractivity contribution in [3.05, 3.63) is 23.2 Å². The number of amides is 1. The van der Waals surface area contributed by atoms with Crippen LogP contribution in [0.2, 0.25) is 0 Å². The first kappa shape index (κ1) is 18.3. The number of rotatable bonds is 2. The summed E-state index contributed by atoms with van der Waals surface area (Å²) in [6, 6.07) is 0.129. The lowest BCUT2D eigenvalue weighted by atomic mass is 9.67. The molecule has 1 amide bonds. The van der Waals surface area contributed by atoms with Gasteiger partial charge >= 0.3 is 7.12 Å². The average Bonchev–Trinajstić information content (AvgIpc) is 2.96. The van der Waals surface area contributed by atoms with Crippen molar-refractivity contribution in [3.8, 4) is 0 Å². The Morgan fingerprint density at radius 1 is 1.12 bits per heavy atom. The molecule has 0 aromatic carbocycles. The highest BCUT2D eigenvalue weighted by molar-refractivity contribution is 6.54. The van der Waals surface area contributed by atoms with E-state index in [2.05, 4.69) is 51.7 Å². The zero-order chi connectivity index (χ0) is 18.7. The van der Waals surface area contributed by atoms with E-state index in [4.69, 9.17) is 14.0 Å². The number of likely N-dealkylation sites (tertiary alicyclic amines) is 1. The molecule has 1 unspecified atom stereocenters. The van der Waals surface area contributed by atoms with Gasteiger partial charge < -0.3 is 18.9 Å². The second-order valence-corrected chi connectivity index (χ2v) is 8.96. The van der Waals surface area contributed by atoms with Crippen LogP contribution >= 0.6 is 0 Å². The van der Waals surface area contributed by atoms with Gasteiger partial charge in [0.1, 0.15) is 0 Å². The molecule has 0 saturated carbocycles. The summed E-state index contributed by atoms with van der Waals surface area (Å²) < 4.78 is 18.0. The van der Waals surface area contributed by atoms with Gasteiger partial charge in [-0.1, -0.05) is 12.2 Å². The van der Waals surface area contributed by atoms with Crippen molar-refractivity contribution in [3.63, 3.8) is 0 Å². The molecule has 0 radical (unpaired) electrons. The molecule has 0 bridgehead atoms. The Labute approximate surface area is 156 Å². The Morgan fingerprint density at radius 3 is 2.31 bits per heavy atom. The molecule has 26 heavy (non-hydrogen) atoms. The Bertz CT molecular complexity index is 659. The highest BCUT2D eigenvalue weighted by Gasteiger charge is 2.58. The Hall–Kier alpha value is -1.11. The van der Waals surface area contributed by atoms with Crippen LogP contribution in [-0.4, -0.2) is 54.9 Å². The number of hydrogen-bond donors (Lipinski definition) is 0.